The van der Waals surface area contributed by atoms with Gasteiger partial charge in [0, 0.05) is 17.5 Å². The van der Waals surface area contributed by atoms with Gasteiger partial charge in [0.2, 0.25) is 0 Å². The lowest BCUT2D eigenvalue weighted by molar-refractivity contribution is 0.0907. The topological polar surface area (TPSA) is 96.7 Å². The predicted octanol–water partition coefficient (Wildman–Crippen LogP) is 3.13. The zero-order valence-electron chi connectivity index (χ0n) is 16.2. The molecule has 1 unspecified atom stereocenters. The number of anilines is 1. The maximum atomic E-state index is 12.9. The first-order valence-electron chi connectivity index (χ1n) is 9.38. The van der Waals surface area contributed by atoms with Crippen molar-refractivity contribution in [3.8, 4) is 16.2 Å². The normalized spacial score (nSPS) is 17.1. The van der Waals surface area contributed by atoms with E-state index in [0.717, 1.165) is 48.7 Å². The fraction of sp³-hybridized carbons (Fsp3) is 0.400. The van der Waals surface area contributed by atoms with Crippen LogP contribution in [0.1, 0.15) is 30.1 Å². The average Bonchev–Trinajstić information content (AvgIpc) is 3.11. The summed E-state index contributed by atoms with van der Waals surface area (Å²) in [5, 5.41) is 6.15. The van der Waals surface area contributed by atoms with Crippen LogP contribution in [0.5, 0.6) is 5.75 Å². The summed E-state index contributed by atoms with van der Waals surface area (Å²) in [6.07, 6.45) is 2.02. The van der Waals surface area contributed by atoms with Crippen molar-refractivity contribution in [1.29, 1.82) is 0 Å². The van der Waals surface area contributed by atoms with E-state index >= 15 is 0 Å². The molecule has 0 radical (unpaired) electrons. The summed E-state index contributed by atoms with van der Waals surface area (Å²) in [6.45, 7) is 5.01. The van der Waals surface area contributed by atoms with Crippen molar-refractivity contribution in [3.63, 3.8) is 0 Å². The fourth-order valence-corrected chi connectivity index (χ4v) is 4.45. The van der Waals surface area contributed by atoms with Gasteiger partial charge in [0.25, 0.3) is 5.91 Å². The highest BCUT2D eigenvalue weighted by Gasteiger charge is 2.24. The molecule has 0 aliphatic carbocycles. The summed E-state index contributed by atoms with van der Waals surface area (Å²) in [6, 6.07) is 8.77. The molecule has 8 heteroatoms. The lowest BCUT2D eigenvalue weighted by Gasteiger charge is -2.32. The number of likely N-dealkylation sites (N-methyl/N-ethyl adjacent to an activating group) is 1. The quantitative estimate of drug-likeness (QED) is 0.692. The Kier molecular flexibility index (Phi) is 6.53. The van der Waals surface area contributed by atoms with E-state index in [2.05, 4.69) is 22.5 Å². The first-order chi connectivity index (χ1) is 13.5. The molecule has 3 rings (SSSR count). The van der Waals surface area contributed by atoms with Gasteiger partial charge < -0.3 is 20.7 Å². The minimum Gasteiger partial charge on any atom is -0.497 e. The smallest absolute Gasteiger partial charge is 0.317 e. The van der Waals surface area contributed by atoms with Crippen LogP contribution in [0, 0.1) is 0 Å². The van der Waals surface area contributed by atoms with Crippen molar-refractivity contribution < 1.29 is 14.3 Å². The van der Waals surface area contributed by atoms with Crippen molar-refractivity contribution >= 4 is 28.3 Å². The van der Waals surface area contributed by atoms with Gasteiger partial charge in [0.05, 0.1) is 12.7 Å². The second-order valence-electron chi connectivity index (χ2n) is 6.78. The SMILES string of the molecule is CCN1CCCC(NC(=O)c2cc(-c3ccc(OC)cc3)sc2NC(N)=O)C1. The van der Waals surface area contributed by atoms with Gasteiger partial charge in [-0.25, -0.2) is 4.79 Å². The van der Waals surface area contributed by atoms with Gasteiger partial charge in [-0.05, 0) is 61.8 Å². The highest BCUT2D eigenvalue weighted by Crippen LogP contribution is 2.36. The maximum absolute atomic E-state index is 12.9. The Morgan fingerprint density at radius 2 is 2.07 bits per heavy atom. The molecule has 2 heterocycles. The molecule has 0 bridgehead atoms. The molecule has 1 atom stereocenters. The number of benzene rings is 1. The van der Waals surface area contributed by atoms with Crippen LogP contribution in [0.15, 0.2) is 30.3 Å². The standard InChI is InChI=1S/C20H26N4O3S/c1-3-24-10-4-5-14(12-24)22-18(25)16-11-17(28-19(16)23-20(21)26)13-6-8-15(27-2)9-7-13/h6-9,11,14H,3-5,10,12H2,1-2H3,(H,22,25)(H3,21,23,26). The van der Waals surface area contributed by atoms with Crippen molar-refractivity contribution in [2.45, 2.75) is 25.8 Å². The van der Waals surface area contributed by atoms with Gasteiger partial charge in [0.15, 0.2) is 0 Å². The van der Waals surface area contributed by atoms with E-state index in [9.17, 15) is 9.59 Å². The van der Waals surface area contributed by atoms with Crippen molar-refractivity contribution in [3.05, 3.63) is 35.9 Å². The minimum absolute atomic E-state index is 0.104. The molecule has 3 amide bonds. The lowest BCUT2D eigenvalue weighted by Crippen LogP contribution is -2.47. The molecule has 1 fully saturated rings. The summed E-state index contributed by atoms with van der Waals surface area (Å²) in [5.41, 5.74) is 6.67. The molecule has 1 aromatic carbocycles. The number of carbonyl (C=O) groups is 2. The number of primary amides is 1. The van der Waals surface area contributed by atoms with E-state index in [1.807, 2.05) is 24.3 Å². The summed E-state index contributed by atoms with van der Waals surface area (Å²) < 4.78 is 5.19. The van der Waals surface area contributed by atoms with Crippen LogP contribution in [0.4, 0.5) is 9.80 Å². The van der Waals surface area contributed by atoms with Gasteiger partial charge >= 0.3 is 6.03 Å². The number of nitrogens with one attached hydrogen (secondary N) is 2. The molecule has 28 heavy (non-hydrogen) atoms. The van der Waals surface area contributed by atoms with E-state index < -0.39 is 6.03 Å². The number of nitrogens with zero attached hydrogens (tertiary/aromatic N) is 1. The van der Waals surface area contributed by atoms with Crippen molar-refractivity contribution in [1.82, 2.24) is 10.2 Å². The summed E-state index contributed by atoms with van der Waals surface area (Å²) >= 11 is 1.33. The molecular weight excluding hydrogens is 376 g/mol. The van der Waals surface area contributed by atoms with Gasteiger partial charge in [0.1, 0.15) is 10.8 Å². The number of rotatable bonds is 6. The number of carbonyl (C=O) groups excluding carboxylic acids is 2. The van der Waals surface area contributed by atoms with Crippen LogP contribution in [0.3, 0.4) is 0 Å². The first-order valence-corrected chi connectivity index (χ1v) is 10.2. The number of piperidine rings is 1. The third-order valence-corrected chi connectivity index (χ3v) is 5.98. The van der Waals surface area contributed by atoms with Crippen LogP contribution in [-0.4, -0.2) is 49.6 Å². The molecule has 2 aromatic rings. The Balaban J connectivity index is 1.82. The third-order valence-electron chi connectivity index (χ3n) is 4.88. The molecule has 1 saturated heterocycles. The molecule has 0 saturated carbocycles. The first kappa shape index (κ1) is 20.2. The minimum atomic E-state index is -0.688. The number of thiophene rings is 1. The number of urea groups is 1. The Morgan fingerprint density at radius 1 is 1.32 bits per heavy atom. The fourth-order valence-electron chi connectivity index (χ4n) is 3.39. The molecular formula is C20H26N4O3S. The highest BCUT2D eigenvalue weighted by molar-refractivity contribution is 7.20. The van der Waals surface area contributed by atoms with Crippen molar-refractivity contribution in [2.75, 3.05) is 32.1 Å². The summed E-state index contributed by atoms with van der Waals surface area (Å²) in [5.74, 6) is 0.564. The van der Waals surface area contributed by atoms with Gasteiger partial charge in [-0.1, -0.05) is 6.92 Å². The van der Waals surface area contributed by atoms with Crippen LogP contribution in [0.25, 0.3) is 10.4 Å². The molecule has 150 valence electrons. The number of likely N-dealkylation sites (tertiary alicyclic amines) is 1. The van der Waals surface area contributed by atoms with Gasteiger partial charge in [-0.2, -0.15) is 0 Å². The molecule has 1 aliphatic heterocycles. The number of amides is 3. The van der Waals surface area contributed by atoms with E-state index in [0.29, 0.717) is 10.6 Å². The number of methoxy groups -OCH3 is 1. The van der Waals surface area contributed by atoms with Crippen LogP contribution in [-0.2, 0) is 0 Å². The Morgan fingerprint density at radius 3 is 2.71 bits per heavy atom. The van der Waals surface area contributed by atoms with E-state index in [-0.39, 0.29) is 11.9 Å². The van der Waals surface area contributed by atoms with Gasteiger partial charge in [-0.3, -0.25) is 10.1 Å². The van der Waals surface area contributed by atoms with E-state index in [4.69, 9.17) is 10.5 Å². The maximum Gasteiger partial charge on any atom is 0.317 e. The zero-order chi connectivity index (χ0) is 20.1. The van der Waals surface area contributed by atoms with Crippen LogP contribution >= 0.6 is 11.3 Å². The largest absolute Gasteiger partial charge is 0.497 e. The zero-order valence-corrected chi connectivity index (χ0v) is 17.0. The molecule has 4 N–H and O–H groups in total. The summed E-state index contributed by atoms with van der Waals surface area (Å²) in [4.78, 5) is 27.5. The third kappa shape index (κ3) is 4.82. The lowest BCUT2D eigenvalue weighted by atomic mass is 10.1. The van der Waals surface area contributed by atoms with Crippen LogP contribution < -0.4 is 21.1 Å². The molecule has 0 spiro atoms. The predicted molar refractivity (Wildman–Crippen MR) is 112 cm³/mol. The monoisotopic (exact) mass is 402 g/mol. The average molecular weight is 403 g/mol. The second kappa shape index (κ2) is 9.07. The number of nitrogens with two attached hydrogens (primary N) is 1. The number of ether oxygens (including phenoxy) is 1. The Hall–Kier alpha value is -2.58. The second-order valence-corrected chi connectivity index (χ2v) is 7.83. The number of hydrogen-bond donors (Lipinski definition) is 3. The highest BCUT2D eigenvalue weighted by atomic mass is 32.1. The van der Waals surface area contributed by atoms with E-state index in [1.54, 1.807) is 13.2 Å². The summed E-state index contributed by atoms with van der Waals surface area (Å²) in [7, 11) is 1.61. The Bertz CT molecular complexity index is 834. The molecule has 1 aromatic heterocycles. The molecule has 7 nitrogen and oxygen atoms in total. The van der Waals surface area contributed by atoms with Crippen molar-refractivity contribution in [2.24, 2.45) is 5.73 Å². The Labute approximate surface area is 168 Å². The van der Waals surface area contributed by atoms with Gasteiger partial charge in [-0.15, -0.1) is 11.3 Å². The van der Waals surface area contributed by atoms with E-state index in [1.165, 1.54) is 11.3 Å². The molecule has 1 aliphatic rings. The number of hydrogen-bond acceptors (Lipinski definition) is 5. The van der Waals surface area contributed by atoms with Crippen LogP contribution in [0.2, 0.25) is 0 Å².